The number of methoxy groups -OCH3 is 1. The van der Waals surface area contributed by atoms with Gasteiger partial charge in [-0.3, -0.25) is 9.79 Å². The van der Waals surface area contributed by atoms with Crippen molar-refractivity contribution in [1.82, 2.24) is 16.0 Å². The Morgan fingerprint density at radius 2 is 2.00 bits per heavy atom. The molecule has 1 rings (SSSR count). The van der Waals surface area contributed by atoms with Crippen molar-refractivity contribution in [2.45, 2.75) is 40.7 Å². The summed E-state index contributed by atoms with van der Waals surface area (Å²) in [5.74, 6) is 1.50. The van der Waals surface area contributed by atoms with E-state index in [1.54, 1.807) is 14.2 Å². The van der Waals surface area contributed by atoms with Crippen LogP contribution in [0.15, 0.2) is 23.2 Å². The molecule has 1 amide bonds. The first-order valence-corrected chi connectivity index (χ1v) is 8.65. The molecule has 3 N–H and O–H groups in total. The molecular formula is C19H32N4O2. The van der Waals surface area contributed by atoms with Gasteiger partial charge in [-0.1, -0.05) is 17.7 Å². The normalized spacial score (nSPS) is 13.2. The maximum atomic E-state index is 12.1. The highest BCUT2D eigenvalue weighted by atomic mass is 16.5. The lowest BCUT2D eigenvalue weighted by Crippen LogP contribution is -2.48. The SMILES string of the molecule is CCNC(=O)C(C)(C)CNC(=NC)NC(C)c1cc(C)ccc1OC. The van der Waals surface area contributed by atoms with Crippen LogP contribution in [0.25, 0.3) is 0 Å². The summed E-state index contributed by atoms with van der Waals surface area (Å²) < 4.78 is 5.46. The highest BCUT2D eigenvalue weighted by molar-refractivity contribution is 5.84. The van der Waals surface area contributed by atoms with Gasteiger partial charge in [-0.15, -0.1) is 0 Å². The Morgan fingerprint density at radius 3 is 2.56 bits per heavy atom. The summed E-state index contributed by atoms with van der Waals surface area (Å²) in [6.07, 6.45) is 0. The number of carbonyl (C=O) groups is 1. The van der Waals surface area contributed by atoms with Gasteiger partial charge >= 0.3 is 0 Å². The average molecular weight is 348 g/mol. The minimum atomic E-state index is -0.530. The van der Waals surface area contributed by atoms with Crippen LogP contribution in [0, 0.1) is 12.3 Å². The lowest BCUT2D eigenvalue weighted by molar-refractivity contribution is -0.128. The molecule has 1 unspecified atom stereocenters. The molecule has 0 saturated heterocycles. The second-order valence-electron chi connectivity index (χ2n) is 6.78. The molecule has 140 valence electrons. The fourth-order valence-electron chi connectivity index (χ4n) is 2.45. The molecule has 0 aromatic heterocycles. The monoisotopic (exact) mass is 348 g/mol. The lowest BCUT2D eigenvalue weighted by Gasteiger charge is -2.26. The van der Waals surface area contributed by atoms with Crippen molar-refractivity contribution in [3.63, 3.8) is 0 Å². The van der Waals surface area contributed by atoms with Crippen molar-refractivity contribution >= 4 is 11.9 Å². The number of hydrogen-bond acceptors (Lipinski definition) is 3. The Bertz CT molecular complexity index is 611. The van der Waals surface area contributed by atoms with E-state index in [1.807, 2.05) is 32.9 Å². The van der Waals surface area contributed by atoms with E-state index in [1.165, 1.54) is 5.56 Å². The minimum Gasteiger partial charge on any atom is -0.496 e. The van der Waals surface area contributed by atoms with Gasteiger partial charge in [0, 0.05) is 25.7 Å². The number of aryl methyl sites for hydroxylation is 1. The molecule has 0 aliphatic heterocycles. The van der Waals surface area contributed by atoms with Gasteiger partial charge in [0.15, 0.2) is 5.96 Å². The Balaban J connectivity index is 2.77. The molecule has 0 aliphatic carbocycles. The molecule has 1 atom stereocenters. The average Bonchev–Trinajstić information content (AvgIpc) is 2.58. The van der Waals surface area contributed by atoms with E-state index < -0.39 is 5.41 Å². The van der Waals surface area contributed by atoms with Crippen LogP contribution in [0.4, 0.5) is 0 Å². The number of rotatable bonds is 7. The second kappa shape index (κ2) is 9.30. The topological polar surface area (TPSA) is 74.8 Å². The summed E-state index contributed by atoms with van der Waals surface area (Å²) in [6.45, 7) is 10.9. The van der Waals surface area contributed by atoms with Crippen molar-refractivity contribution in [1.29, 1.82) is 0 Å². The molecule has 0 radical (unpaired) electrons. The number of guanidine groups is 1. The van der Waals surface area contributed by atoms with Crippen molar-refractivity contribution in [3.05, 3.63) is 29.3 Å². The van der Waals surface area contributed by atoms with E-state index in [0.29, 0.717) is 19.0 Å². The maximum absolute atomic E-state index is 12.1. The van der Waals surface area contributed by atoms with Crippen LogP contribution in [0.2, 0.25) is 0 Å². The Morgan fingerprint density at radius 1 is 1.32 bits per heavy atom. The van der Waals surface area contributed by atoms with E-state index in [9.17, 15) is 4.79 Å². The van der Waals surface area contributed by atoms with Crippen LogP contribution in [-0.2, 0) is 4.79 Å². The number of amides is 1. The summed E-state index contributed by atoms with van der Waals surface area (Å²) in [4.78, 5) is 16.4. The Hall–Kier alpha value is -2.24. The molecule has 0 aliphatic rings. The molecule has 0 spiro atoms. The molecular weight excluding hydrogens is 316 g/mol. The van der Waals surface area contributed by atoms with Gasteiger partial charge < -0.3 is 20.7 Å². The predicted octanol–water partition coefficient (Wildman–Crippen LogP) is 2.39. The zero-order valence-corrected chi connectivity index (χ0v) is 16.5. The quantitative estimate of drug-likeness (QED) is 0.522. The molecule has 0 fully saturated rings. The molecule has 0 heterocycles. The largest absolute Gasteiger partial charge is 0.496 e. The zero-order chi connectivity index (χ0) is 19.0. The van der Waals surface area contributed by atoms with Crippen LogP contribution in [0.3, 0.4) is 0 Å². The summed E-state index contributed by atoms with van der Waals surface area (Å²) in [7, 11) is 3.39. The van der Waals surface area contributed by atoms with Crippen LogP contribution in [-0.4, -0.2) is 39.1 Å². The number of nitrogens with one attached hydrogen (secondary N) is 3. The van der Waals surface area contributed by atoms with Crippen LogP contribution >= 0.6 is 0 Å². The van der Waals surface area contributed by atoms with Gasteiger partial charge in [0.05, 0.1) is 18.6 Å². The smallest absolute Gasteiger partial charge is 0.227 e. The third-order valence-electron chi connectivity index (χ3n) is 4.08. The molecule has 1 aromatic carbocycles. The van der Waals surface area contributed by atoms with E-state index in [0.717, 1.165) is 11.3 Å². The molecule has 0 bridgehead atoms. The maximum Gasteiger partial charge on any atom is 0.227 e. The summed E-state index contributed by atoms with van der Waals surface area (Å²) in [5, 5.41) is 9.45. The predicted molar refractivity (Wildman–Crippen MR) is 103 cm³/mol. The lowest BCUT2D eigenvalue weighted by atomic mass is 9.92. The first-order chi connectivity index (χ1) is 11.7. The summed E-state index contributed by atoms with van der Waals surface area (Å²) in [6, 6.07) is 6.10. The molecule has 0 saturated carbocycles. The van der Waals surface area contributed by atoms with E-state index >= 15 is 0 Å². The van der Waals surface area contributed by atoms with E-state index in [-0.39, 0.29) is 11.9 Å². The first-order valence-electron chi connectivity index (χ1n) is 8.65. The first kappa shape index (κ1) is 20.8. The standard InChI is InChI=1S/C19H32N4O2/c1-8-21-17(24)19(4,5)12-22-18(20-6)23-14(3)15-11-13(2)9-10-16(15)25-7/h9-11,14H,8,12H2,1-7H3,(H,21,24)(H2,20,22,23). The van der Waals surface area contributed by atoms with Crippen LogP contribution in [0.5, 0.6) is 5.75 Å². The van der Waals surface area contributed by atoms with Crippen LogP contribution < -0.4 is 20.7 Å². The number of benzene rings is 1. The van der Waals surface area contributed by atoms with Crippen LogP contribution in [0.1, 0.15) is 44.9 Å². The number of ether oxygens (including phenoxy) is 1. The number of carbonyl (C=O) groups excluding carboxylic acids is 1. The fraction of sp³-hybridized carbons (Fsp3) is 0.579. The van der Waals surface area contributed by atoms with Gasteiger partial charge in [0.2, 0.25) is 5.91 Å². The van der Waals surface area contributed by atoms with Gasteiger partial charge in [0.1, 0.15) is 5.75 Å². The molecule has 25 heavy (non-hydrogen) atoms. The third kappa shape index (κ3) is 5.96. The van der Waals surface area contributed by atoms with Gasteiger partial charge in [0.25, 0.3) is 0 Å². The van der Waals surface area contributed by atoms with Crippen molar-refractivity contribution in [3.8, 4) is 5.75 Å². The van der Waals surface area contributed by atoms with Crippen molar-refractivity contribution < 1.29 is 9.53 Å². The Labute approximate surface area is 151 Å². The summed E-state index contributed by atoms with van der Waals surface area (Å²) in [5.41, 5.74) is 1.70. The number of nitrogens with zero attached hydrogens (tertiary/aromatic N) is 1. The number of aliphatic imine (C=N–C) groups is 1. The fourth-order valence-corrected chi connectivity index (χ4v) is 2.45. The third-order valence-corrected chi connectivity index (χ3v) is 4.08. The molecule has 6 heteroatoms. The molecule has 1 aromatic rings. The van der Waals surface area contributed by atoms with Crippen molar-refractivity contribution in [2.24, 2.45) is 10.4 Å². The summed E-state index contributed by atoms with van der Waals surface area (Å²) >= 11 is 0. The second-order valence-corrected chi connectivity index (χ2v) is 6.78. The van der Waals surface area contributed by atoms with E-state index in [2.05, 4.69) is 40.9 Å². The van der Waals surface area contributed by atoms with Gasteiger partial charge in [-0.05, 0) is 40.7 Å². The van der Waals surface area contributed by atoms with E-state index in [4.69, 9.17) is 4.74 Å². The minimum absolute atomic E-state index is 0.00799. The molecule has 6 nitrogen and oxygen atoms in total. The highest BCUT2D eigenvalue weighted by Crippen LogP contribution is 2.26. The number of hydrogen-bond donors (Lipinski definition) is 3. The Kier molecular flexibility index (Phi) is 7.74. The highest BCUT2D eigenvalue weighted by Gasteiger charge is 2.27. The van der Waals surface area contributed by atoms with Crippen molar-refractivity contribution in [2.75, 3.05) is 27.2 Å². The van der Waals surface area contributed by atoms with Gasteiger partial charge in [-0.25, -0.2) is 0 Å². The zero-order valence-electron chi connectivity index (χ0n) is 16.5. The van der Waals surface area contributed by atoms with Gasteiger partial charge in [-0.2, -0.15) is 0 Å².